The lowest BCUT2D eigenvalue weighted by molar-refractivity contribution is 0.110. The lowest BCUT2D eigenvalue weighted by Gasteiger charge is -2.34. The summed E-state index contributed by atoms with van der Waals surface area (Å²) in [7, 11) is 0. The Hall–Kier alpha value is -8.68. The van der Waals surface area contributed by atoms with Gasteiger partial charge in [-0.15, -0.1) is 0 Å². The third-order valence-corrected chi connectivity index (χ3v) is 23.5. The third kappa shape index (κ3) is 14.9. The molecule has 5 aliphatic carbocycles. The van der Waals surface area contributed by atoms with Crippen LogP contribution < -0.4 is 18.9 Å². The van der Waals surface area contributed by atoms with Crippen molar-refractivity contribution in [3.05, 3.63) is 283 Å². The van der Waals surface area contributed by atoms with Gasteiger partial charge in [0.2, 0.25) is 0 Å². The predicted octanol–water partition coefficient (Wildman–Crippen LogP) is 24.2. The van der Waals surface area contributed by atoms with Gasteiger partial charge in [0.15, 0.2) is 0 Å². The Morgan fingerprint density at radius 3 is 1.11 bits per heavy atom. The van der Waals surface area contributed by atoms with Crippen molar-refractivity contribution in [2.75, 3.05) is 52.9 Å². The van der Waals surface area contributed by atoms with Crippen LogP contribution in [-0.4, -0.2) is 52.9 Å². The monoisotopic (exact) mass is 1380 g/mol. The summed E-state index contributed by atoms with van der Waals surface area (Å²) in [6.45, 7) is 22.5. The molecular weight excluding hydrogens is 1270 g/mol. The molecule has 6 nitrogen and oxygen atoms in total. The summed E-state index contributed by atoms with van der Waals surface area (Å²) < 4.78 is 35.5. The Morgan fingerprint density at radius 2 is 0.683 bits per heavy atom. The van der Waals surface area contributed by atoms with E-state index >= 15 is 0 Å². The van der Waals surface area contributed by atoms with Crippen molar-refractivity contribution in [3.63, 3.8) is 0 Å². The third-order valence-electron chi connectivity index (χ3n) is 23.5. The van der Waals surface area contributed by atoms with Crippen LogP contribution in [0.4, 0.5) is 0 Å². The van der Waals surface area contributed by atoms with E-state index in [1.165, 1.54) is 213 Å². The summed E-state index contributed by atoms with van der Waals surface area (Å²) in [5.74, 6) is 5.14. The maximum absolute atomic E-state index is 6.13. The molecule has 104 heavy (non-hydrogen) atoms. The van der Waals surface area contributed by atoms with Crippen LogP contribution in [-0.2, 0) is 46.0 Å². The van der Waals surface area contributed by atoms with Gasteiger partial charge in [0, 0.05) is 13.2 Å². The van der Waals surface area contributed by atoms with Gasteiger partial charge in [-0.3, -0.25) is 0 Å². The number of hydrogen-bond acceptors (Lipinski definition) is 6. The van der Waals surface area contributed by atoms with Crippen molar-refractivity contribution in [2.45, 2.75) is 182 Å². The number of hydrogen-bond donors (Lipinski definition) is 0. The SMILES string of the molecule is CCCOc1ccc(C2(c3ccc(OCCC)cc3)c3cc(C)ccc3-c3ccc(-c4cc(CC5CCCCC5)c(C)cc4CC4CCCCC4)cc32)cc1.CCOCCOc1ccc(C2(c3ccc(OCCOCC)cc3)c3cc(C)ccc3-c3ccc(-c4ccc(C)c5c4CCCC5)cc32)cc1. The number of rotatable bonds is 26. The summed E-state index contributed by atoms with van der Waals surface area (Å²) >= 11 is 0. The van der Waals surface area contributed by atoms with E-state index < -0.39 is 10.8 Å². The first-order valence-electron chi connectivity index (χ1n) is 39.9. The van der Waals surface area contributed by atoms with E-state index in [1.54, 1.807) is 16.7 Å². The van der Waals surface area contributed by atoms with Crippen molar-refractivity contribution in [2.24, 2.45) is 11.8 Å². The molecule has 10 aromatic carbocycles. The lowest BCUT2D eigenvalue weighted by Crippen LogP contribution is -2.28. The average molecular weight is 1380 g/mol. The van der Waals surface area contributed by atoms with E-state index in [9.17, 15) is 0 Å². The second-order valence-corrected chi connectivity index (χ2v) is 30.5. The molecule has 0 atom stereocenters. The van der Waals surface area contributed by atoms with Crippen molar-refractivity contribution < 1.29 is 28.4 Å². The zero-order valence-electron chi connectivity index (χ0n) is 63.5. The lowest BCUT2D eigenvalue weighted by atomic mass is 9.67. The van der Waals surface area contributed by atoms with Gasteiger partial charge in [0.1, 0.15) is 36.2 Å². The Kier molecular flexibility index (Phi) is 23.1. The molecular formula is C98H110O6. The Labute approximate surface area is 621 Å². The summed E-state index contributed by atoms with van der Waals surface area (Å²) in [5.41, 5.74) is 31.6. The van der Waals surface area contributed by atoms with Crippen LogP contribution in [0.3, 0.4) is 0 Å². The van der Waals surface area contributed by atoms with Crippen LogP contribution in [0.25, 0.3) is 44.5 Å². The summed E-state index contributed by atoms with van der Waals surface area (Å²) in [5, 5.41) is 0. The van der Waals surface area contributed by atoms with Crippen molar-refractivity contribution >= 4 is 0 Å². The predicted molar refractivity (Wildman–Crippen MR) is 430 cm³/mol. The zero-order chi connectivity index (χ0) is 71.6. The topological polar surface area (TPSA) is 55.4 Å². The van der Waals surface area contributed by atoms with Crippen molar-refractivity contribution in [1.29, 1.82) is 0 Å². The van der Waals surface area contributed by atoms with Gasteiger partial charge in [0.05, 0.1) is 37.3 Å². The molecule has 2 saturated carbocycles. The molecule has 5 aliphatic rings. The number of ether oxygens (including phenoxy) is 6. The highest BCUT2D eigenvalue weighted by molar-refractivity contribution is 5.91. The molecule has 15 rings (SSSR count). The Morgan fingerprint density at radius 1 is 0.308 bits per heavy atom. The molecule has 0 amide bonds. The summed E-state index contributed by atoms with van der Waals surface area (Å²) in [6.07, 6.45) is 23.0. The first kappa shape index (κ1) is 72.3. The molecule has 6 heteroatoms. The first-order chi connectivity index (χ1) is 51.0. The normalized spacial score (nSPS) is 15.6. The molecule has 2 fully saturated rings. The van der Waals surface area contributed by atoms with Crippen LogP contribution in [0, 0.1) is 39.5 Å². The smallest absolute Gasteiger partial charge is 0.119 e. The molecule has 0 bridgehead atoms. The molecule has 0 aromatic heterocycles. The highest BCUT2D eigenvalue weighted by Crippen LogP contribution is 2.60. The van der Waals surface area contributed by atoms with E-state index in [-0.39, 0.29) is 0 Å². The molecule has 0 saturated heterocycles. The van der Waals surface area contributed by atoms with Crippen LogP contribution in [0.1, 0.15) is 207 Å². The van der Waals surface area contributed by atoms with Crippen LogP contribution >= 0.6 is 0 Å². The fourth-order valence-corrected chi connectivity index (χ4v) is 18.4. The van der Waals surface area contributed by atoms with E-state index in [2.05, 4.69) is 236 Å². The molecule has 0 N–H and O–H groups in total. The molecule has 0 spiro atoms. The quantitative estimate of drug-likeness (QED) is 0.0504. The second-order valence-electron chi connectivity index (χ2n) is 30.5. The van der Waals surface area contributed by atoms with Gasteiger partial charge in [0.25, 0.3) is 0 Å². The van der Waals surface area contributed by atoms with Gasteiger partial charge in [-0.25, -0.2) is 0 Å². The Balaban J connectivity index is 0.000000177. The van der Waals surface area contributed by atoms with Gasteiger partial charge >= 0.3 is 0 Å². The number of aryl methyl sites for hydroxylation is 4. The molecule has 0 aliphatic heterocycles. The standard InChI is InChI=1S/C53H62O2.C45H48O4/c1-5-29-54-46-23-19-44(20-24-46)53(45-21-25-47(26-22-45)55-30-6-2)51-31-37(3)17-27-48(51)49-28-18-41(36-52(49)53)50-35-42(33-39-13-9-7-10-14-39)38(4)32-43(50)34-40-15-11-8-12-16-40;1-5-46-25-27-48-36-18-14-34(15-19-36)45(35-16-20-37(21-17-35)49-28-26-47-6-2)43-29-31(3)11-22-41(43)42-24-13-33(30-44(42)45)39-23-12-32(4)38-9-7-8-10-40(38)39/h17-28,31-32,35-36,39-40H,5-16,29-30,33-34H2,1-4H3;11-24,29-30H,5-10,25-28H2,1-4H3. The van der Waals surface area contributed by atoms with Gasteiger partial charge in [-0.1, -0.05) is 223 Å². The first-order valence-corrected chi connectivity index (χ1v) is 39.9. The fourth-order valence-electron chi connectivity index (χ4n) is 18.4. The Bertz CT molecular complexity index is 4440. The van der Waals surface area contributed by atoms with E-state index in [0.29, 0.717) is 39.6 Å². The van der Waals surface area contributed by atoms with Gasteiger partial charge in [-0.05, 0) is 288 Å². The second kappa shape index (κ2) is 33.2. The molecule has 0 unspecified atom stereocenters. The van der Waals surface area contributed by atoms with Gasteiger partial charge < -0.3 is 28.4 Å². The van der Waals surface area contributed by atoms with Crippen LogP contribution in [0.15, 0.2) is 194 Å². The highest BCUT2D eigenvalue weighted by Gasteiger charge is 2.48. The van der Waals surface area contributed by atoms with E-state index in [4.69, 9.17) is 28.4 Å². The van der Waals surface area contributed by atoms with E-state index in [1.807, 2.05) is 13.8 Å². The molecule has 0 radical (unpaired) electrons. The minimum atomic E-state index is -0.537. The highest BCUT2D eigenvalue weighted by atomic mass is 16.5. The van der Waals surface area contributed by atoms with Gasteiger partial charge in [-0.2, -0.15) is 0 Å². The maximum Gasteiger partial charge on any atom is 0.119 e. The molecule has 0 heterocycles. The van der Waals surface area contributed by atoms with Crippen molar-refractivity contribution in [1.82, 2.24) is 0 Å². The molecule has 10 aromatic rings. The summed E-state index contributed by atoms with van der Waals surface area (Å²) in [4.78, 5) is 0. The average Bonchev–Trinajstić information content (AvgIpc) is 1.54. The van der Waals surface area contributed by atoms with Crippen LogP contribution in [0.2, 0.25) is 0 Å². The molecule has 538 valence electrons. The van der Waals surface area contributed by atoms with E-state index in [0.717, 1.165) is 67.3 Å². The largest absolute Gasteiger partial charge is 0.494 e. The van der Waals surface area contributed by atoms with Crippen LogP contribution in [0.5, 0.6) is 23.0 Å². The number of fused-ring (bicyclic) bond motifs is 7. The minimum absolute atomic E-state index is 0.502. The fraction of sp³-hybridized carbons (Fsp3) is 0.388. The minimum Gasteiger partial charge on any atom is -0.494 e. The number of benzene rings is 10. The maximum atomic E-state index is 6.13. The zero-order valence-corrected chi connectivity index (χ0v) is 63.5. The van der Waals surface area contributed by atoms with Crippen molar-refractivity contribution in [3.8, 4) is 67.5 Å². The summed E-state index contributed by atoms with van der Waals surface area (Å²) in [6, 6.07) is 74.2.